The number of nitro groups is 1. The fourth-order valence-electron chi connectivity index (χ4n) is 2.36. The van der Waals surface area contributed by atoms with E-state index in [1.54, 1.807) is 19.2 Å². The average Bonchev–Trinajstić information content (AvgIpc) is 3.20. The van der Waals surface area contributed by atoms with E-state index in [0.717, 1.165) is 16.3 Å². The van der Waals surface area contributed by atoms with E-state index in [9.17, 15) is 14.9 Å². The van der Waals surface area contributed by atoms with Crippen LogP contribution in [0.15, 0.2) is 60.0 Å². The van der Waals surface area contributed by atoms with Gasteiger partial charge in [0, 0.05) is 29.2 Å². The fraction of sp³-hybridized carbons (Fsp3) is 0.100. The van der Waals surface area contributed by atoms with Gasteiger partial charge in [0.05, 0.1) is 17.7 Å². The number of aromatic nitrogens is 1. The Morgan fingerprint density at radius 1 is 1.25 bits per heavy atom. The molecule has 1 heterocycles. The first-order valence-electron chi connectivity index (χ1n) is 8.23. The van der Waals surface area contributed by atoms with Crippen LogP contribution in [0, 0.1) is 10.1 Å². The molecule has 1 aromatic heterocycles. The maximum atomic E-state index is 11.9. The summed E-state index contributed by atoms with van der Waals surface area (Å²) in [5, 5.41) is 13.4. The zero-order valence-corrected chi connectivity index (χ0v) is 15.7. The van der Waals surface area contributed by atoms with E-state index in [4.69, 9.17) is 9.47 Å². The Hall–Kier alpha value is -3.52. The Balaban J connectivity index is 1.58. The Kier molecular flexibility index (Phi) is 6.13. The van der Waals surface area contributed by atoms with E-state index in [-0.39, 0.29) is 12.3 Å². The van der Waals surface area contributed by atoms with Crippen LogP contribution in [0.5, 0.6) is 5.75 Å². The summed E-state index contributed by atoms with van der Waals surface area (Å²) in [5.74, 6) is 0.189. The number of benzene rings is 2. The zero-order chi connectivity index (χ0) is 19.9. The van der Waals surface area contributed by atoms with Crippen molar-refractivity contribution in [1.29, 1.82) is 0 Å². The van der Waals surface area contributed by atoms with Gasteiger partial charge in [-0.3, -0.25) is 10.1 Å². The van der Waals surface area contributed by atoms with Gasteiger partial charge >= 0.3 is 5.97 Å². The largest absolute Gasteiger partial charge is 0.497 e. The molecule has 0 fully saturated rings. The zero-order valence-electron chi connectivity index (χ0n) is 14.9. The third-order valence-electron chi connectivity index (χ3n) is 3.72. The molecular weight excluding hydrogens is 380 g/mol. The second kappa shape index (κ2) is 8.92. The second-order valence-corrected chi connectivity index (χ2v) is 6.53. The third kappa shape index (κ3) is 5.01. The van der Waals surface area contributed by atoms with Crippen molar-refractivity contribution >= 4 is 29.1 Å². The fourth-order valence-corrected chi connectivity index (χ4v) is 3.16. The molecule has 0 N–H and O–H groups in total. The van der Waals surface area contributed by atoms with Crippen LogP contribution in [-0.2, 0) is 16.1 Å². The molecule has 7 nitrogen and oxygen atoms in total. The Morgan fingerprint density at radius 3 is 2.86 bits per heavy atom. The summed E-state index contributed by atoms with van der Waals surface area (Å²) in [5.41, 5.74) is 2.07. The van der Waals surface area contributed by atoms with Crippen molar-refractivity contribution in [3.05, 3.63) is 81.4 Å². The molecule has 0 saturated carbocycles. The van der Waals surface area contributed by atoms with E-state index in [1.807, 2.05) is 29.6 Å². The lowest BCUT2D eigenvalue weighted by Gasteiger charge is -2.01. The van der Waals surface area contributed by atoms with Crippen LogP contribution in [0.4, 0.5) is 5.69 Å². The second-order valence-electron chi connectivity index (χ2n) is 5.67. The predicted octanol–water partition coefficient (Wildman–Crippen LogP) is 4.48. The van der Waals surface area contributed by atoms with Crippen molar-refractivity contribution in [1.82, 2.24) is 4.98 Å². The summed E-state index contributed by atoms with van der Waals surface area (Å²) in [7, 11) is 1.60. The summed E-state index contributed by atoms with van der Waals surface area (Å²) < 4.78 is 10.4. The molecule has 0 aliphatic heterocycles. The topological polar surface area (TPSA) is 91.6 Å². The Labute approximate surface area is 165 Å². The molecular formula is C20H16N2O5S. The summed E-state index contributed by atoms with van der Waals surface area (Å²) in [6, 6.07) is 13.5. The van der Waals surface area contributed by atoms with E-state index < -0.39 is 10.9 Å². The average molecular weight is 396 g/mol. The van der Waals surface area contributed by atoms with Crippen molar-refractivity contribution in [2.24, 2.45) is 0 Å². The van der Waals surface area contributed by atoms with E-state index in [1.165, 1.54) is 35.6 Å². The van der Waals surface area contributed by atoms with Crippen LogP contribution < -0.4 is 4.74 Å². The number of carbonyl (C=O) groups excluding carboxylic acids is 1. The molecule has 28 heavy (non-hydrogen) atoms. The first-order valence-corrected chi connectivity index (χ1v) is 9.11. The summed E-state index contributed by atoms with van der Waals surface area (Å²) >= 11 is 1.45. The van der Waals surface area contributed by atoms with Crippen LogP contribution in [-0.4, -0.2) is 23.0 Å². The minimum atomic E-state index is -0.553. The van der Waals surface area contributed by atoms with E-state index in [2.05, 4.69) is 4.98 Å². The normalized spacial score (nSPS) is 10.8. The highest BCUT2D eigenvalue weighted by atomic mass is 32.1. The molecule has 0 aliphatic carbocycles. The molecule has 0 bridgehead atoms. The molecule has 3 aromatic rings. The van der Waals surface area contributed by atoms with Crippen LogP contribution in [0.3, 0.4) is 0 Å². The first-order chi connectivity index (χ1) is 13.5. The molecule has 142 valence electrons. The summed E-state index contributed by atoms with van der Waals surface area (Å²) in [6.45, 7) is 0.0403. The highest BCUT2D eigenvalue weighted by Gasteiger charge is 2.08. The number of hydrogen-bond acceptors (Lipinski definition) is 7. The third-order valence-corrected chi connectivity index (χ3v) is 4.66. The molecule has 0 amide bonds. The standard InChI is InChI=1S/C20H16N2O5S/c1-26-18-7-3-5-15(11-18)20-21-16(13-28-20)12-27-19(23)9-8-14-4-2-6-17(10-14)22(24)25/h2-11,13H,12H2,1H3/b9-8+. The Bertz CT molecular complexity index is 1030. The molecule has 0 atom stereocenters. The van der Waals surface area contributed by atoms with Gasteiger partial charge in [-0.15, -0.1) is 11.3 Å². The van der Waals surface area contributed by atoms with Gasteiger partial charge in [0.15, 0.2) is 0 Å². The van der Waals surface area contributed by atoms with Gasteiger partial charge in [0.1, 0.15) is 17.4 Å². The van der Waals surface area contributed by atoms with Gasteiger partial charge < -0.3 is 9.47 Å². The van der Waals surface area contributed by atoms with Gasteiger partial charge in [0.25, 0.3) is 5.69 Å². The van der Waals surface area contributed by atoms with Gasteiger partial charge in [-0.25, -0.2) is 9.78 Å². The SMILES string of the molecule is COc1cccc(-c2nc(COC(=O)/C=C/c3cccc([N+](=O)[O-])c3)cs2)c1. The quantitative estimate of drug-likeness (QED) is 0.253. The maximum absolute atomic E-state index is 11.9. The van der Waals surface area contributed by atoms with E-state index in [0.29, 0.717) is 11.3 Å². The number of hydrogen-bond donors (Lipinski definition) is 0. The van der Waals surface area contributed by atoms with Crippen LogP contribution in [0.25, 0.3) is 16.6 Å². The molecule has 2 aromatic carbocycles. The molecule has 8 heteroatoms. The van der Waals surface area contributed by atoms with Crippen LogP contribution in [0.2, 0.25) is 0 Å². The number of thiazole rings is 1. The number of nitrogens with zero attached hydrogens (tertiary/aromatic N) is 2. The van der Waals surface area contributed by atoms with Gasteiger partial charge in [-0.05, 0) is 23.8 Å². The lowest BCUT2D eigenvalue weighted by molar-refractivity contribution is -0.384. The van der Waals surface area contributed by atoms with Crippen molar-refractivity contribution in [3.8, 4) is 16.3 Å². The van der Waals surface area contributed by atoms with Crippen molar-refractivity contribution in [2.75, 3.05) is 7.11 Å². The highest BCUT2D eigenvalue weighted by Crippen LogP contribution is 2.27. The number of nitro benzene ring substituents is 1. The maximum Gasteiger partial charge on any atom is 0.331 e. The number of non-ortho nitro benzene ring substituents is 1. The smallest absolute Gasteiger partial charge is 0.331 e. The monoisotopic (exact) mass is 396 g/mol. The van der Waals surface area contributed by atoms with Gasteiger partial charge in [-0.1, -0.05) is 24.3 Å². The van der Waals surface area contributed by atoms with Crippen LogP contribution in [0.1, 0.15) is 11.3 Å². The van der Waals surface area contributed by atoms with Crippen molar-refractivity contribution in [2.45, 2.75) is 6.61 Å². The van der Waals surface area contributed by atoms with Gasteiger partial charge in [0.2, 0.25) is 0 Å². The van der Waals surface area contributed by atoms with Gasteiger partial charge in [-0.2, -0.15) is 0 Å². The first kappa shape index (κ1) is 19.2. The highest BCUT2D eigenvalue weighted by molar-refractivity contribution is 7.13. The van der Waals surface area contributed by atoms with Crippen molar-refractivity contribution < 1.29 is 19.2 Å². The number of methoxy groups -OCH3 is 1. The van der Waals surface area contributed by atoms with Crippen molar-refractivity contribution in [3.63, 3.8) is 0 Å². The minimum absolute atomic E-state index is 0.0388. The molecule has 0 radical (unpaired) electrons. The molecule has 3 rings (SSSR count). The lowest BCUT2D eigenvalue weighted by atomic mass is 10.2. The number of carbonyl (C=O) groups is 1. The van der Waals surface area contributed by atoms with Crippen LogP contribution >= 0.6 is 11.3 Å². The molecule has 0 aliphatic rings. The summed E-state index contributed by atoms with van der Waals surface area (Å²) in [4.78, 5) is 26.6. The molecule has 0 spiro atoms. The number of esters is 1. The van der Waals surface area contributed by atoms with E-state index >= 15 is 0 Å². The summed E-state index contributed by atoms with van der Waals surface area (Å²) in [6.07, 6.45) is 2.70. The minimum Gasteiger partial charge on any atom is -0.497 e. The number of rotatable bonds is 7. The number of ether oxygens (including phenoxy) is 2. The lowest BCUT2D eigenvalue weighted by Crippen LogP contribution is -2.01. The molecule has 0 saturated heterocycles. The molecule has 0 unspecified atom stereocenters. The predicted molar refractivity (Wildman–Crippen MR) is 106 cm³/mol. The Morgan fingerprint density at radius 2 is 2.07 bits per heavy atom.